The molecule has 0 saturated heterocycles. The molecule has 0 saturated carbocycles. The Labute approximate surface area is 112 Å². The molecule has 0 bridgehead atoms. The van der Waals surface area contributed by atoms with Gasteiger partial charge in [0, 0.05) is 5.56 Å². The molecule has 0 fully saturated rings. The molecule has 1 aromatic carbocycles. The average molecular weight is 255 g/mol. The highest BCUT2D eigenvalue weighted by Gasteiger charge is 2.04. The van der Waals surface area contributed by atoms with Crippen LogP contribution in [-0.4, -0.2) is 22.5 Å². The first kappa shape index (κ1) is 13.2. The number of benzene rings is 1. The lowest BCUT2D eigenvalue weighted by molar-refractivity contribution is -0.115. The zero-order valence-corrected chi connectivity index (χ0v) is 11.4. The first-order valence-electron chi connectivity index (χ1n) is 6.21. The topological polar surface area (TPSA) is 54.9 Å². The van der Waals surface area contributed by atoms with Crippen molar-refractivity contribution in [2.45, 2.75) is 20.8 Å². The maximum Gasteiger partial charge on any atom is 0.149 e. The van der Waals surface area contributed by atoms with E-state index < -0.39 is 0 Å². The quantitative estimate of drug-likeness (QED) is 0.912. The lowest BCUT2D eigenvalue weighted by Crippen LogP contribution is -2.11. The van der Waals surface area contributed by atoms with E-state index in [-0.39, 0.29) is 12.3 Å². The third-order valence-corrected chi connectivity index (χ3v) is 2.84. The maximum absolute atomic E-state index is 10.9. The fourth-order valence-corrected chi connectivity index (χ4v) is 1.89. The summed E-state index contributed by atoms with van der Waals surface area (Å²) in [5, 5.41) is 11.2. The van der Waals surface area contributed by atoms with E-state index in [0.717, 1.165) is 11.3 Å². The van der Waals surface area contributed by atoms with Crippen molar-refractivity contribution in [3.05, 3.63) is 41.5 Å². The molecule has 1 heterocycles. The molecule has 0 aliphatic carbocycles. The zero-order valence-electron chi connectivity index (χ0n) is 11.4. The van der Waals surface area contributed by atoms with E-state index in [1.807, 2.05) is 12.1 Å². The smallest absolute Gasteiger partial charge is 0.149 e. The van der Waals surface area contributed by atoms with Crippen LogP contribution < -0.4 is 5.32 Å². The van der Waals surface area contributed by atoms with Crippen LogP contribution in [0.1, 0.15) is 18.1 Å². The molecule has 1 aromatic heterocycles. The molecule has 2 aromatic rings. The van der Waals surface area contributed by atoms with Crippen molar-refractivity contribution in [1.29, 1.82) is 0 Å². The first-order chi connectivity index (χ1) is 9.06. The molecular weight excluding hydrogens is 238 g/mol. The van der Waals surface area contributed by atoms with Crippen LogP contribution in [0.15, 0.2) is 30.3 Å². The molecule has 98 valence electrons. The van der Waals surface area contributed by atoms with Gasteiger partial charge in [-0.2, -0.15) is 0 Å². The molecule has 19 heavy (non-hydrogen) atoms. The SMILES string of the molecule is CC(=O)CNc1ccc(-c2ccc(C)cc2C)nn1. The van der Waals surface area contributed by atoms with E-state index in [9.17, 15) is 4.79 Å². The van der Waals surface area contributed by atoms with Crippen LogP contribution in [0.2, 0.25) is 0 Å². The second-order valence-corrected chi connectivity index (χ2v) is 4.68. The van der Waals surface area contributed by atoms with Gasteiger partial charge in [-0.1, -0.05) is 23.8 Å². The maximum atomic E-state index is 10.9. The highest BCUT2D eigenvalue weighted by molar-refractivity contribution is 5.80. The third kappa shape index (κ3) is 3.37. The molecule has 4 nitrogen and oxygen atoms in total. The number of nitrogens with one attached hydrogen (secondary N) is 1. The number of hydrogen-bond acceptors (Lipinski definition) is 4. The van der Waals surface area contributed by atoms with E-state index in [1.54, 1.807) is 0 Å². The number of aryl methyl sites for hydroxylation is 2. The van der Waals surface area contributed by atoms with Crippen LogP contribution in [0.3, 0.4) is 0 Å². The summed E-state index contributed by atoms with van der Waals surface area (Å²) >= 11 is 0. The van der Waals surface area contributed by atoms with E-state index >= 15 is 0 Å². The Balaban J connectivity index is 2.20. The monoisotopic (exact) mass is 255 g/mol. The molecule has 0 aliphatic rings. The highest BCUT2D eigenvalue weighted by Crippen LogP contribution is 2.22. The van der Waals surface area contributed by atoms with Gasteiger partial charge in [0.05, 0.1) is 12.2 Å². The lowest BCUT2D eigenvalue weighted by atomic mass is 10.0. The molecule has 1 N–H and O–H groups in total. The molecule has 4 heteroatoms. The van der Waals surface area contributed by atoms with Gasteiger partial charge in [-0.3, -0.25) is 4.79 Å². The number of aromatic nitrogens is 2. The number of carbonyl (C=O) groups excluding carboxylic acids is 1. The van der Waals surface area contributed by atoms with Gasteiger partial charge >= 0.3 is 0 Å². The normalized spacial score (nSPS) is 10.3. The standard InChI is InChI=1S/C15H17N3O/c1-10-4-5-13(11(2)8-10)14-6-7-15(18-17-14)16-9-12(3)19/h4-8H,9H2,1-3H3,(H,16,18). The Morgan fingerprint density at radius 2 is 1.95 bits per heavy atom. The Kier molecular flexibility index (Phi) is 3.90. The summed E-state index contributed by atoms with van der Waals surface area (Å²) in [6.45, 7) is 5.94. The molecule has 0 radical (unpaired) electrons. The predicted molar refractivity (Wildman–Crippen MR) is 76.1 cm³/mol. The van der Waals surface area contributed by atoms with Crippen molar-refractivity contribution in [3.63, 3.8) is 0 Å². The van der Waals surface area contributed by atoms with Gasteiger partial charge in [-0.15, -0.1) is 10.2 Å². The number of nitrogens with zero attached hydrogens (tertiary/aromatic N) is 2. The zero-order chi connectivity index (χ0) is 13.8. The Morgan fingerprint density at radius 1 is 1.16 bits per heavy atom. The lowest BCUT2D eigenvalue weighted by Gasteiger charge is -2.07. The van der Waals surface area contributed by atoms with Crippen molar-refractivity contribution in [1.82, 2.24) is 10.2 Å². The van der Waals surface area contributed by atoms with E-state index in [0.29, 0.717) is 5.82 Å². The number of ketones is 1. The summed E-state index contributed by atoms with van der Waals surface area (Å²) in [5.74, 6) is 0.684. The minimum absolute atomic E-state index is 0.0697. The number of Topliss-reactive ketones (excluding diaryl/α,β-unsaturated/α-hetero) is 1. The van der Waals surface area contributed by atoms with Crippen LogP contribution in [0.25, 0.3) is 11.3 Å². The third-order valence-electron chi connectivity index (χ3n) is 2.84. The summed E-state index contributed by atoms with van der Waals surface area (Å²) < 4.78 is 0. The Bertz CT molecular complexity index is 591. The van der Waals surface area contributed by atoms with Crippen LogP contribution >= 0.6 is 0 Å². The Morgan fingerprint density at radius 3 is 2.53 bits per heavy atom. The summed E-state index contributed by atoms with van der Waals surface area (Å²) in [5.41, 5.74) is 4.33. The van der Waals surface area contributed by atoms with Crippen molar-refractivity contribution < 1.29 is 4.79 Å². The van der Waals surface area contributed by atoms with Gasteiger partial charge < -0.3 is 5.32 Å². The van der Waals surface area contributed by atoms with Crippen LogP contribution in [0, 0.1) is 13.8 Å². The van der Waals surface area contributed by atoms with Crippen LogP contribution in [0.5, 0.6) is 0 Å². The highest BCUT2D eigenvalue weighted by atomic mass is 16.1. The van der Waals surface area contributed by atoms with Crippen molar-refractivity contribution in [2.24, 2.45) is 0 Å². The number of anilines is 1. The number of hydrogen-bond donors (Lipinski definition) is 1. The Hall–Kier alpha value is -2.23. The van der Waals surface area contributed by atoms with Crippen molar-refractivity contribution in [2.75, 3.05) is 11.9 Å². The fraction of sp³-hybridized carbons (Fsp3) is 0.267. The molecule has 0 aliphatic heterocycles. The average Bonchev–Trinajstić information content (AvgIpc) is 2.37. The minimum Gasteiger partial charge on any atom is -0.362 e. The first-order valence-corrected chi connectivity index (χ1v) is 6.21. The van der Waals surface area contributed by atoms with Gasteiger partial charge in [0.15, 0.2) is 0 Å². The van der Waals surface area contributed by atoms with Crippen LogP contribution in [-0.2, 0) is 4.79 Å². The van der Waals surface area contributed by atoms with E-state index in [1.165, 1.54) is 18.1 Å². The van der Waals surface area contributed by atoms with Gasteiger partial charge in [-0.25, -0.2) is 0 Å². The van der Waals surface area contributed by atoms with Crippen LogP contribution in [0.4, 0.5) is 5.82 Å². The van der Waals surface area contributed by atoms with Gasteiger partial charge in [-0.05, 0) is 38.5 Å². The second kappa shape index (κ2) is 5.61. The van der Waals surface area contributed by atoms with Gasteiger partial charge in [0.25, 0.3) is 0 Å². The molecule has 0 unspecified atom stereocenters. The predicted octanol–water partition coefficient (Wildman–Crippen LogP) is 2.76. The number of carbonyl (C=O) groups is 1. The molecule has 0 atom stereocenters. The van der Waals surface area contributed by atoms with Gasteiger partial charge in [0.1, 0.15) is 11.6 Å². The fourth-order valence-electron chi connectivity index (χ4n) is 1.89. The van der Waals surface area contributed by atoms with E-state index in [4.69, 9.17) is 0 Å². The largest absolute Gasteiger partial charge is 0.362 e. The summed E-state index contributed by atoms with van der Waals surface area (Å²) in [6.07, 6.45) is 0. The van der Waals surface area contributed by atoms with E-state index in [2.05, 4.69) is 47.6 Å². The summed E-state index contributed by atoms with van der Waals surface area (Å²) in [6, 6.07) is 9.99. The van der Waals surface area contributed by atoms with Crippen molar-refractivity contribution in [3.8, 4) is 11.3 Å². The molecule has 0 spiro atoms. The number of rotatable bonds is 4. The minimum atomic E-state index is 0.0697. The summed E-state index contributed by atoms with van der Waals surface area (Å²) in [7, 11) is 0. The molecule has 0 amide bonds. The van der Waals surface area contributed by atoms with Crippen molar-refractivity contribution >= 4 is 11.6 Å². The molecule has 2 rings (SSSR count). The molecular formula is C15H17N3O. The second-order valence-electron chi connectivity index (χ2n) is 4.68. The van der Waals surface area contributed by atoms with Gasteiger partial charge in [0.2, 0.25) is 0 Å². The summed E-state index contributed by atoms with van der Waals surface area (Å²) in [4.78, 5) is 10.9.